The Morgan fingerprint density at radius 1 is 0.919 bits per heavy atom. The van der Waals surface area contributed by atoms with Gasteiger partial charge in [0.1, 0.15) is 6.54 Å². The number of rotatable bonds is 10. The van der Waals surface area contributed by atoms with E-state index in [1.54, 1.807) is 35.6 Å². The number of aryl methyl sites for hydroxylation is 2. The van der Waals surface area contributed by atoms with Gasteiger partial charge in [0.05, 0.1) is 17.4 Å². The molecule has 0 saturated heterocycles. The highest BCUT2D eigenvalue weighted by atomic mass is 32.1. The topological polar surface area (TPSA) is 102 Å². The molecule has 0 bridgehead atoms. The van der Waals surface area contributed by atoms with Crippen LogP contribution in [0.1, 0.15) is 35.3 Å². The third-order valence-electron chi connectivity index (χ3n) is 6.18. The Balaban J connectivity index is 1.47. The molecule has 0 unspecified atom stereocenters. The number of aromatic nitrogens is 2. The van der Waals surface area contributed by atoms with Gasteiger partial charge in [0, 0.05) is 23.5 Å². The molecule has 37 heavy (non-hydrogen) atoms. The predicted octanol–water partition coefficient (Wildman–Crippen LogP) is 3.97. The molecule has 4 rings (SSSR count). The van der Waals surface area contributed by atoms with Gasteiger partial charge in [-0.1, -0.05) is 30.3 Å². The summed E-state index contributed by atoms with van der Waals surface area (Å²) in [7, 11) is 0. The minimum Gasteiger partial charge on any atom is -0.351 e. The zero-order valence-corrected chi connectivity index (χ0v) is 21.8. The SMILES string of the molecule is Cc1ccc(C)c(NC(=O)Cn2c(=O)n(CCCCC(=O)NCc3cccs3)c(=O)c3ccccc32)c1. The first-order valence-electron chi connectivity index (χ1n) is 12.2. The van der Waals surface area contributed by atoms with Crippen LogP contribution in [0.2, 0.25) is 0 Å². The minimum atomic E-state index is -0.540. The number of carbonyl (C=O) groups is 2. The van der Waals surface area contributed by atoms with Crippen LogP contribution in [0.5, 0.6) is 0 Å². The highest BCUT2D eigenvalue weighted by Gasteiger charge is 2.16. The quantitative estimate of drug-likeness (QED) is 0.310. The largest absolute Gasteiger partial charge is 0.351 e. The summed E-state index contributed by atoms with van der Waals surface area (Å²) in [6.45, 7) is 4.28. The van der Waals surface area contributed by atoms with Crippen molar-refractivity contribution in [2.75, 3.05) is 5.32 Å². The van der Waals surface area contributed by atoms with Gasteiger partial charge in [-0.3, -0.25) is 23.5 Å². The standard InChI is InChI=1S/C28H30N4O4S/c1-19-12-13-20(2)23(16-19)30-26(34)18-32-24-10-4-3-9-22(24)27(35)31(28(32)36)14-6-5-11-25(33)29-17-21-8-7-15-37-21/h3-4,7-10,12-13,15-16H,5-6,11,14,17-18H2,1-2H3,(H,29,33)(H,30,34). The Labute approximate surface area is 218 Å². The van der Waals surface area contributed by atoms with Crippen molar-refractivity contribution in [2.45, 2.75) is 52.7 Å². The van der Waals surface area contributed by atoms with Crippen LogP contribution < -0.4 is 21.9 Å². The fraction of sp³-hybridized carbons (Fsp3) is 0.286. The molecular formula is C28H30N4O4S. The predicted molar refractivity (Wildman–Crippen MR) is 147 cm³/mol. The molecule has 2 aromatic heterocycles. The van der Waals surface area contributed by atoms with Crippen LogP contribution in [-0.4, -0.2) is 20.9 Å². The number of unbranched alkanes of at least 4 members (excludes halogenated alkanes) is 1. The third kappa shape index (κ3) is 6.42. The lowest BCUT2D eigenvalue weighted by atomic mass is 10.1. The number of nitrogens with one attached hydrogen (secondary N) is 2. The van der Waals surface area contributed by atoms with E-state index in [0.29, 0.717) is 42.4 Å². The van der Waals surface area contributed by atoms with Crippen molar-refractivity contribution in [3.05, 3.63) is 96.8 Å². The summed E-state index contributed by atoms with van der Waals surface area (Å²) in [5, 5.41) is 8.10. The Hall–Kier alpha value is -3.98. The van der Waals surface area contributed by atoms with E-state index in [2.05, 4.69) is 10.6 Å². The summed E-state index contributed by atoms with van der Waals surface area (Å²) >= 11 is 1.58. The summed E-state index contributed by atoms with van der Waals surface area (Å²) in [5.41, 5.74) is 2.10. The lowest BCUT2D eigenvalue weighted by molar-refractivity contribution is -0.121. The molecule has 0 saturated carbocycles. The molecule has 0 spiro atoms. The number of anilines is 1. The van der Waals surface area contributed by atoms with Crippen LogP contribution in [0.3, 0.4) is 0 Å². The molecule has 2 aromatic carbocycles. The molecular weight excluding hydrogens is 488 g/mol. The van der Waals surface area contributed by atoms with E-state index in [0.717, 1.165) is 20.6 Å². The van der Waals surface area contributed by atoms with Crippen LogP contribution in [0, 0.1) is 13.8 Å². The van der Waals surface area contributed by atoms with Gasteiger partial charge in [-0.2, -0.15) is 0 Å². The molecule has 9 heteroatoms. The van der Waals surface area contributed by atoms with Crippen molar-refractivity contribution in [3.8, 4) is 0 Å². The lowest BCUT2D eigenvalue weighted by Gasteiger charge is -2.15. The van der Waals surface area contributed by atoms with Gasteiger partial charge >= 0.3 is 5.69 Å². The van der Waals surface area contributed by atoms with E-state index < -0.39 is 11.2 Å². The fourth-order valence-electron chi connectivity index (χ4n) is 4.17. The smallest absolute Gasteiger partial charge is 0.331 e. The maximum atomic E-state index is 13.3. The number of benzene rings is 2. The zero-order valence-electron chi connectivity index (χ0n) is 21.0. The third-order valence-corrected chi connectivity index (χ3v) is 7.05. The first-order chi connectivity index (χ1) is 17.8. The van der Waals surface area contributed by atoms with Gasteiger partial charge in [-0.25, -0.2) is 4.79 Å². The Morgan fingerprint density at radius 3 is 2.51 bits per heavy atom. The van der Waals surface area contributed by atoms with Crippen LogP contribution in [0.25, 0.3) is 10.9 Å². The number of hydrogen-bond acceptors (Lipinski definition) is 5. The Morgan fingerprint density at radius 2 is 1.73 bits per heavy atom. The normalized spacial score (nSPS) is 11.0. The van der Waals surface area contributed by atoms with E-state index in [9.17, 15) is 19.2 Å². The van der Waals surface area contributed by atoms with Crippen molar-refractivity contribution in [3.63, 3.8) is 0 Å². The number of thiophene rings is 1. The molecule has 2 amide bonds. The van der Waals surface area contributed by atoms with Crippen LogP contribution in [-0.2, 0) is 29.2 Å². The van der Waals surface area contributed by atoms with E-state index in [4.69, 9.17) is 0 Å². The second-order valence-corrected chi connectivity index (χ2v) is 10.1. The van der Waals surface area contributed by atoms with E-state index in [1.165, 1.54) is 4.57 Å². The van der Waals surface area contributed by atoms with Crippen molar-refractivity contribution < 1.29 is 9.59 Å². The number of amides is 2. The molecule has 2 N–H and O–H groups in total. The van der Waals surface area contributed by atoms with Crippen molar-refractivity contribution in [1.29, 1.82) is 0 Å². The number of hydrogen-bond donors (Lipinski definition) is 2. The summed E-state index contributed by atoms with van der Waals surface area (Å²) < 4.78 is 2.50. The molecule has 0 aliphatic heterocycles. The highest BCUT2D eigenvalue weighted by Crippen LogP contribution is 2.17. The molecule has 8 nitrogen and oxygen atoms in total. The number of fused-ring (bicyclic) bond motifs is 1. The van der Waals surface area contributed by atoms with E-state index in [-0.39, 0.29) is 24.9 Å². The molecule has 192 valence electrons. The van der Waals surface area contributed by atoms with Crippen LogP contribution in [0.4, 0.5) is 5.69 Å². The fourth-order valence-corrected chi connectivity index (χ4v) is 4.81. The molecule has 0 aliphatic carbocycles. The Kier molecular flexibility index (Phi) is 8.35. The van der Waals surface area contributed by atoms with Gasteiger partial charge < -0.3 is 10.6 Å². The van der Waals surface area contributed by atoms with Gasteiger partial charge in [0.25, 0.3) is 5.56 Å². The summed E-state index contributed by atoms with van der Waals surface area (Å²) in [6, 6.07) is 16.5. The van der Waals surface area contributed by atoms with Gasteiger partial charge in [0.2, 0.25) is 11.8 Å². The number of para-hydroxylation sites is 1. The minimum absolute atomic E-state index is 0.0696. The summed E-state index contributed by atoms with van der Waals surface area (Å²) in [6.07, 6.45) is 1.32. The summed E-state index contributed by atoms with van der Waals surface area (Å²) in [5.74, 6) is -0.423. The van der Waals surface area contributed by atoms with Crippen LogP contribution >= 0.6 is 11.3 Å². The molecule has 0 atom stereocenters. The second kappa shape index (κ2) is 11.8. The number of nitrogens with zero attached hydrogens (tertiary/aromatic N) is 2. The maximum Gasteiger partial charge on any atom is 0.331 e. The average Bonchev–Trinajstić information content (AvgIpc) is 3.41. The first-order valence-corrected chi connectivity index (χ1v) is 13.1. The highest BCUT2D eigenvalue weighted by molar-refractivity contribution is 7.09. The lowest BCUT2D eigenvalue weighted by Crippen LogP contribution is -2.41. The zero-order chi connectivity index (χ0) is 26.4. The monoisotopic (exact) mass is 518 g/mol. The molecule has 0 fully saturated rings. The van der Waals surface area contributed by atoms with Crippen molar-refractivity contribution >= 4 is 39.7 Å². The first kappa shape index (κ1) is 26.1. The number of carbonyl (C=O) groups excluding carboxylic acids is 2. The van der Waals surface area contributed by atoms with Crippen molar-refractivity contribution in [2.24, 2.45) is 0 Å². The average molecular weight is 519 g/mol. The molecule has 0 radical (unpaired) electrons. The van der Waals surface area contributed by atoms with Crippen LogP contribution in [0.15, 0.2) is 69.6 Å². The van der Waals surface area contributed by atoms with Gasteiger partial charge in [-0.15, -0.1) is 11.3 Å². The summed E-state index contributed by atoms with van der Waals surface area (Å²) in [4.78, 5) is 52.6. The molecule has 4 aromatic rings. The maximum absolute atomic E-state index is 13.3. The Bertz CT molecular complexity index is 1540. The van der Waals surface area contributed by atoms with E-state index >= 15 is 0 Å². The van der Waals surface area contributed by atoms with Gasteiger partial charge in [-0.05, 0) is 67.5 Å². The molecule has 2 heterocycles. The van der Waals surface area contributed by atoms with E-state index in [1.807, 2.05) is 49.6 Å². The van der Waals surface area contributed by atoms with Crippen molar-refractivity contribution in [1.82, 2.24) is 14.5 Å². The molecule has 0 aliphatic rings. The second-order valence-electron chi connectivity index (χ2n) is 9.02. The van der Waals surface area contributed by atoms with Gasteiger partial charge in [0.15, 0.2) is 0 Å².